The van der Waals surface area contributed by atoms with Crippen molar-refractivity contribution in [3.63, 3.8) is 0 Å². The molecule has 4 aromatic rings. The van der Waals surface area contributed by atoms with Crippen molar-refractivity contribution < 1.29 is 4.39 Å². The first-order valence-corrected chi connectivity index (χ1v) is 9.82. The third-order valence-corrected chi connectivity index (χ3v) is 5.43. The van der Waals surface area contributed by atoms with Crippen molar-refractivity contribution in [2.45, 2.75) is 45.6 Å². The van der Waals surface area contributed by atoms with Gasteiger partial charge in [-0.2, -0.15) is 4.68 Å². The highest BCUT2D eigenvalue weighted by Gasteiger charge is 2.44. The van der Waals surface area contributed by atoms with E-state index in [1.165, 1.54) is 0 Å². The Hall–Kier alpha value is -3.16. The standard InChI is InChI=1S/C21H22FN7/c1-12-24-18(11-20(25-12)29-14(3)23-13(2)27-29)15-10-16(15)21-26-17-6-4-5-7-19(17)28(21)9-8-22/h4-7,11,15-16H,8-10H2,1-3H3. The molecule has 0 bridgehead atoms. The van der Waals surface area contributed by atoms with Crippen LogP contribution in [0, 0.1) is 20.8 Å². The summed E-state index contributed by atoms with van der Waals surface area (Å²) in [7, 11) is 0. The number of fused-ring (bicyclic) bond motifs is 1. The quantitative estimate of drug-likeness (QED) is 0.520. The van der Waals surface area contributed by atoms with Crippen molar-refractivity contribution in [3.8, 4) is 5.82 Å². The van der Waals surface area contributed by atoms with E-state index in [9.17, 15) is 4.39 Å². The van der Waals surface area contributed by atoms with E-state index < -0.39 is 6.67 Å². The first-order valence-electron chi connectivity index (χ1n) is 9.82. The van der Waals surface area contributed by atoms with Crippen LogP contribution in [-0.2, 0) is 6.54 Å². The maximum atomic E-state index is 13.2. The van der Waals surface area contributed by atoms with Gasteiger partial charge in [-0.15, -0.1) is 5.10 Å². The molecular formula is C21H22FN7. The number of aryl methyl sites for hydroxylation is 4. The zero-order chi connectivity index (χ0) is 20.1. The van der Waals surface area contributed by atoms with Gasteiger partial charge in [-0.1, -0.05) is 12.1 Å². The molecule has 7 nitrogen and oxygen atoms in total. The predicted molar refractivity (Wildman–Crippen MR) is 107 cm³/mol. The van der Waals surface area contributed by atoms with Crippen LogP contribution in [0.5, 0.6) is 0 Å². The highest BCUT2D eigenvalue weighted by Crippen LogP contribution is 2.54. The van der Waals surface area contributed by atoms with Crippen LogP contribution in [0.1, 0.15) is 47.2 Å². The summed E-state index contributed by atoms with van der Waals surface area (Å²) in [4.78, 5) is 18.4. The number of imidazole rings is 1. The third-order valence-electron chi connectivity index (χ3n) is 5.43. The van der Waals surface area contributed by atoms with Gasteiger partial charge in [-0.3, -0.25) is 0 Å². The lowest BCUT2D eigenvalue weighted by Gasteiger charge is -2.08. The smallest absolute Gasteiger partial charge is 0.159 e. The summed E-state index contributed by atoms with van der Waals surface area (Å²) in [6.45, 7) is 5.58. The minimum atomic E-state index is -0.410. The molecule has 148 valence electrons. The molecule has 0 radical (unpaired) electrons. The van der Waals surface area contributed by atoms with Crippen molar-refractivity contribution in [2.75, 3.05) is 6.67 Å². The monoisotopic (exact) mass is 391 g/mol. The maximum Gasteiger partial charge on any atom is 0.159 e. The van der Waals surface area contributed by atoms with Crippen molar-refractivity contribution in [2.24, 2.45) is 0 Å². The summed E-state index contributed by atoms with van der Waals surface area (Å²) >= 11 is 0. The Labute approximate surface area is 167 Å². The van der Waals surface area contributed by atoms with Crippen LogP contribution in [-0.4, -0.2) is 41.0 Å². The Morgan fingerprint density at radius 3 is 2.59 bits per heavy atom. The van der Waals surface area contributed by atoms with E-state index in [0.717, 1.165) is 40.6 Å². The van der Waals surface area contributed by atoms with Gasteiger partial charge in [0.2, 0.25) is 0 Å². The number of para-hydroxylation sites is 2. The van der Waals surface area contributed by atoms with Crippen LogP contribution in [0.15, 0.2) is 30.3 Å². The van der Waals surface area contributed by atoms with E-state index >= 15 is 0 Å². The Morgan fingerprint density at radius 1 is 1.00 bits per heavy atom. The fourth-order valence-corrected chi connectivity index (χ4v) is 4.11. The molecule has 1 aliphatic rings. The molecular weight excluding hydrogens is 369 g/mol. The lowest BCUT2D eigenvalue weighted by Crippen LogP contribution is -2.07. The van der Waals surface area contributed by atoms with Crippen molar-refractivity contribution in [1.29, 1.82) is 0 Å². The normalized spacial score (nSPS) is 18.5. The van der Waals surface area contributed by atoms with E-state index in [1.54, 1.807) is 4.68 Å². The molecule has 29 heavy (non-hydrogen) atoms. The minimum absolute atomic E-state index is 0.231. The fourth-order valence-electron chi connectivity index (χ4n) is 4.11. The third kappa shape index (κ3) is 3.08. The topological polar surface area (TPSA) is 74.3 Å². The van der Waals surface area contributed by atoms with Crippen molar-refractivity contribution in [3.05, 3.63) is 59.3 Å². The first-order chi connectivity index (χ1) is 14.0. The van der Waals surface area contributed by atoms with E-state index in [1.807, 2.05) is 55.7 Å². The van der Waals surface area contributed by atoms with Crippen LogP contribution < -0.4 is 0 Å². The molecule has 0 aliphatic heterocycles. The van der Waals surface area contributed by atoms with E-state index in [0.29, 0.717) is 18.2 Å². The van der Waals surface area contributed by atoms with Crippen molar-refractivity contribution in [1.82, 2.24) is 34.3 Å². The van der Waals surface area contributed by atoms with E-state index in [2.05, 4.69) is 20.1 Å². The number of aromatic nitrogens is 7. The molecule has 2 unspecified atom stereocenters. The number of nitrogens with zero attached hydrogens (tertiary/aromatic N) is 7. The maximum absolute atomic E-state index is 13.2. The molecule has 1 saturated carbocycles. The fraction of sp³-hybridized carbons (Fsp3) is 0.381. The summed E-state index contributed by atoms with van der Waals surface area (Å²) in [5, 5.41) is 4.44. The molecule has 0 saturated heterocycles. The Balaban J connectivity index is 1.51. The second-order valence-corrected chi connectivity index (χ2v) is 7.56. The highest BCUT2D eigenvalue weighted by atomic mass is 19.1. The van der Waals surface area contributed by atoms with E-state index in [-0.39, 0.29) is 11.8 Å². The Bertz CT molecular complexity index is 1210. The zero-order valence-electron chi connectivity index (χ0n) is 16.7. The molecule has 1 aliphatic carbocycles. The molecule has 8 heteroatoms. The lowest BCUT2D eigenvalue weighted by molar-refractivity contribution is 0.443. The van der Waals surface area contributed by atoms with Gasteiger partial charge in [0.05, 0.1) is 23.3 Å². The molecule has 2 atom stereocenters. The predicted octanol–water partition coefficient (Wildman–Crippen LogP) is 3.57. The number of halogens is 1. The molecule has 0 amide bonds. The minimum Gasteiger partial charge on any atom is -0.325 e. The van der Waals surface area contributed by atoms with Crippen LogP contribution in [0.3, 0.4) is 0 Å². The summed E-state index contributed by atoms with van der Waals surface area (Å²) in [5.41, 5.74) is 2.87. The molecule has 0 N–H and O–H groups in total. The number of alkyl halides is 1. The SMILES string of the molecule is Cc1nc(C2CC2c2nc3ccccc3n2CCF)cc(-n2nc(C)nc2C)n1. The van der Waals surface area contributed by atoms with Gasteiger partial charge in [-0.05, 0) is 39.3 Å². The molecule has 3 aromatic heterocycles. The van der Waals surface area contributed by atoms with Gasteiger partial charge in [0, 0.05) is 17.9 Å². The lowest BCUT2D eigenvalue weighted by atomic mass is 10.2. The number of benzene rings is 1. The van der Waals surface area contributed by atoms with Gasteiger partial charge < -0.3 is 4.57 Å². The summed E-state index contributed by atoms with van der Waals surface area (Å²) in [6.07, 6.45) is 0.945. The highest BCUT2D eigenvalue weighted by molar-refractivity contribution is 5.76. The van der Waals surface area contributed by atoms with Crippen LogP contribution in [0.25, 0.3) is 16.9 Å². The van der Waals surface area contributed by atoms with Gasteiger partial charge in [0.1, 0.15) is 30.0 Å². The Kier molecular flexibility index (Phi) is 4.15. The number of hydrogen-bond acceptors (Lipinski definition) is 5. The summed E-state index contributed by atoms with van der Waals surface area (Å²) < 4.78 is 17.0. The molecule has 3 heterocycles. The second-order valence-electron chi connectivity index (χ2n) is 7.56. The van der Waals surface area contributed by atoms with Gasteiger partial charge >= 0.3 is 0 Å². The molecule has 1 aromatic carbocycles. The average molecular weight is 391 g/mol. The van der Waals surface area contributed by atoms with E-state index in [4.69, 9.17) is 4.98 Å². The van der Waals surface area contributed by atoms with Crippen molar-refractivity contribution >= 4 is 11.0 Å². The van der Waals surface area contributed by atoms with Crippen LogP contribution >= 0.6 is 0 Å². The number of hydrogen-bond donors (Lipinski definition) is 0. The summed E-state index contributed by atoms with van der Waals surface area (Å²) in [5.74, 6) is 4.36. The largest absolute Gasteiger partial charge is 0.325 e. The molecule has 1 fully saturated rings. The van der Waals surface area contributed by atoms with Gasteiger partial charge in [0.25, 0.3) is 0 Å². The second kappa shape index (κ2) is 6.72. The zero-order valence-corrected chi connectivity index (χ0v) is 16.7. The molecule has 5 rings (SSSR count). The number of rotatable bonds is 5. The molecule has 0 spiro atoms. The first kappa shape index (κ1) is 17.9. The van der Waals surface area contributed by atoms with Crippen LogP contribution in [0.4, 0.5) is 4.39 Å². The van der Waals surface area contributed by atoms with Gasteiger partial charge in [-0.25, -0.2) is 24.3 Å². The Morgan fingerprint density at radius 2 is 1.83 bits per heavy atom. The van der Waals surface area contributed by atoms with Crippen LogP contribution in [0.2, 0.25) is 0 Å². The van der Waals surface area contributed by atoms with Gasteiger partial charge in [0.15, 0.2) is 5.82 Å². The summed E-state index contributed by atoms with van der Waals surface area (Å²) in [6, 6.07) is 9.90. The average Bonchev–Trinajstić information content (AvgIpc) is 3.31.